The van der Waals surface area contributed by atoms with Crippen molar-refractivity contribution in [2.24, 2.45) is 0 Å². The summed E-state index contributed by atoms with van der Waals surface area (Å²) in [6, 6.07) is -0.174. The quantitative estimate of drug-likeness (QED) is 0.634. The standard InChI is InChI=1S/C12H12F2N2O5/c13-6-1-2-7(14)9(5-6)16-12(21)15-8(11(19)20)3-4-10(17)18/h1-2,5,8H,3-4H2,(H,17,18)(H,19,20)(H2,15,16,21)/t8-/m0/s1. The van der Waals surface area contributed by atoms with Crippen LogP contribution in [0.15, 0.2) is 18.2 Å². The van der Waals surface area contributed by atoms with Crippen molar-refractivity contribution in [2.75, 3.05) is 5.32 Å². The number of carboxylic acids is 2. The average Bonchev–Trinajstić information content (AvgIpc) is 2.38. The predicted molar refractivity (Wildman–Crippen MR) is 66.8 cm³/mol. The number of rotatable bonds is 6. The van der Waals surface area contributed by atoms with Gasteiger partial charge in [-0.2, -0.15) is 0 Å². The molecule has 0 aromatic heterocycles. The lowest BCUT2D eigenvalue weighted by Gasteiger charge is -2.14. The molecule has 0 radical (unpaired) electrons. The van der Waals surface area contributed by atoms with E-state index in [2.05, 4.69) is 0 Å². The monoisotopic (exact) mass is 302 g/mol. The Labute approximate surface area is 117 Å². The number of amides is 2. The first-order valence-electron chi connectivity index (χ1n) is 5.76. The number of carbonyl (C=O) groups is 3. The van der Waals surface area contributed by atoms with Crippen molar-refractivity contribution in [3.05, 3.63) is 29.8 Å². The van der Waals surface area contributed by atoms with Crippen molar-refractivity contribution < 1.29 is 33.4 Å². The molecule has 0 saturated heterocycles. The molecule has 21 heavy (non-hydrogen) atoms. The molecule has 0 aliphatic carbocycles. The van der Waals surface area contributed by atoms with Crippen LogP contribution in [0, 0.1) is 11.6 Å². The maximum absolute atomic E-state index is 13.3. The number of urea groups is 1. The average molecular weight is 302 g/mol. The minimum Gasteiger partial charge on any atom is -0.481 e. The molecule has 4 N–H and O–H groups in total. The molecule has 7 nitrogen and oxygen atoms in total. The molecular formula is C12H12F2N2O5. The maximum atomic E-state index is 13.3. The van der Waals surface area contributed by atoms with E-state index in [0.29, 0.717) is 0 Å². The largest absolute Gasteiger partial charge is 0.481 e. The van der Waals surface area contributed by atoms with Gasteiger partial charge in [0, 0.05) is 12.5 Å². The van der Waals surface area contributed by atoms with E-state index in [1.54, 1.807) is 0 Å². The van der Waals surface area contributed by atoms with Crippen LogP contribution in [0.25, 0.3) is 0 Å². The Balaban J connectivity index is 2.67. The van der Waals surface area contributed by atoms with Gasteiger partial charge in [0.05, 0.1) is 5.69 Å². The molecule has 1 aromatic rings. The van der Waals surface area contributed by atoms with Crippen LogP contribution in [0.4, 0.5) is 19.3 Å². The molecule has 0 fully saturated rings. The number of nitrogens with one attached hydrogen (secondary N) is 2. The van der Waals surface area contributed by atoms with E-state index in [1.807, 2.05) is 10.6 Å². The summed E-state index contributed by atoms with van der Waals surface area (Å²) >= 11 is 0. The smallest absolute Gasteiger partial charge is 0.326 e. The van der Waals surface area contributed by atoms with Crippen LogP contribution in [-0.2, 0) is 9.59 Å². The first-order chi connectivity index (χ1) is 9.79. The number of halogens is 2. The summed E-state index contributed by atoms with van der Waals surface area (Å²) in [6.07, 6.45) is -0.810. The van der Waals surface area contributed by atoms with E-state index >= 15 is 0 Å². The highest BCUT2D eigenvalue weighted by molar-refractivity contribution is 5.92. The normalized spacial score (nSPS) is 11.5. The molecule has 1 aromatic carbocycles. The summed E-state index contributed by atoms with van der Waals surface area (Å²) in [5.41, 5.74) is -0.463. The summed E-state index contributed by atoms with van der Waals surface area (Å²) in [5.74, 6) is -4.35. The van der Waals surface area contributed by atoms with Gasteiger partial charge in [-0.3, -0.25) is 4.79 Å². The number of anilines is 1. The molecular weight excluding hydrogens is 290 g/mol. The van der Waals surface area contributed by atoms with E-state index in [4.69, 9.17) is 10.2 Å². The summed E-state index contributed by atoms with van der Waals surface area (Å²) < 4.78 is 26.2. The second-order valence-corrected chi connectivity index (χ2v) is 4.05. The van der Waals surface area contributed by atoms with Gasteiger partial charge in [0.15, 0.2) is 0 Å². The first-order valence-corrected chi connectivity index (χ1v) is 5.76. The van der Waals surface area contributed by atoms with Gasteiger partial charge in [-0.05, 0) is 18.6 Å². The molecule has 0 saturated carbocycles. The zero-order valence-corrected chi connectivity index (χ0v) is 10.6. The highest BCUT2D eigenvalue weighted by Crippen LogP contribution is 2.15. The van der Waals surface area contributed by atoms with Crippen LogP contribution < -0.4 is 10.6 Å². The molecule has 0 spiro atoms. The van der Waals surface area contributed by atoms with E-state index in [0.717, 1.165) is 18.2 Å². The summed E-state index contributed by atoms with van der Waals surface area (Å²) in [7, 11) is 0. The highest BCUT2D eigenvalue weighted by atomic mass is 19.1. The summed E-state index contributed by atoms with van der Waals surface area (Å²) in [6.45, 7) is 0. The summed E-state index contributed by atoms with van der Waals surface area (Å²) in [5, 5.41) is 21.2. The van der Waals surface area contributed by atoms with Gasteiger partial charge in [-0.25, -0.2) is 18.4 Å². The van der Waals surface area contributed by atoms with E-state index < -0.39 is 47.8 Å². The Bertz CT molecular complexity index is 565. The number of benzene rings is 1. The topological polar surface area (TPSA) is 116 Å². The molecule has 1 rings (SSSR count). The highest BCUT2D eigenvalue weighted by Gasteiger charge is 2.21. The van der Waals surface area contributed by atoms with Crippen LogP contribution in [0.5, 0.6) is 0 Å². The van der Waals surface area contributed by atoms with Gasteiger partial charge in [-0.1, -0.05) is 0 Å². The van der Waals surface area contributed by atoms with Crippen molar-refractivity contribution in [1.82, 2.24) is 5.32 Å². The van der Waals surface area contributed by atoms with Gasteiger partial charge in [0.2, 0.25) is 0 Å². The SMILES string of the molecule is O=C(O)CC[C@H](NC(=O)Nc1cc(F)ccc1F)C(=O)O. The Morgan fingerprint density at radius 3 is 2.43 bits per heavy atom. The molecule has 114 valence electrons. The molecule has 1 atom stereocenters. The minimum absolute atomic E-state index is 0.344. The lowest BCUT2D eigenvalue weighted by molar-refractivity contribution is -0.140. The van der Waals surface area contributed by atoms with Crippen LogP contribution in [0.2, 0.25) is 0 Å². The molecule has 0 aliphatic rings. The van der Waals surface area contributed by atoms with Crippen LogP contribution in [0.1, 0.15) is 12.8 Å². The fourth-order valence-electron chi connectivity index (χ4n) is 1.44. The van der Waals surface area contributed by atoms with Crippen molar-refractivity contribution >= 4 is 23.7 Å². The second-order valence-electron chi connectivity index (χ2n) is 4.05. The third kappa shape index (κ3) is 5.43. The van der Waals surface area contributed by atoms with Crippen molar-refractivity contribution in [1.29, 1.82) is 0 Å². The zero-order chi connectivity index (χ0) is 16.0. The Morgan fingerprint density at radius 1 is 1.19 bits per heavy atom. The predicted octanol–water partition coefficient (Wildman–Crippen LogP) is 1.40. The lowest BCUT2D eigenvalue weighted by Crippen LogP contribution is -2.43. The van der Waals surface area contributed by atoms with E-state index in [1.165, 1.54) is 0 Å². The Hall–Kier alpha value is -2.71. The van der Waals surface area contributed by atoms with E-state index in [9.17, 15) is 23.2 Å². The van der Waals surface area contributed by atoms with Gasteiger partial charge in [0.1, 0.15) is 17.7 Å². The van der Waals surface area contributed by atoms with Crippen molar-refractivity contribution in [3.8, 4) is 0 Å². The van der Waals surface area contributed by atoms with E-state index in [-0.39, 0.29) is 6.42 Å². The second kappa shape index (κ2) is 7.17. The first kappa shape index (κ1) is 16.3. The van der Waals surface area contributed by atoms with Crippen molar-refractivity contribution in [2.45, 2.75) is 18.9 Å². The van der Waals surface area contributed by atoms with Crippen molar-refractivity contribution in [3.63, 3.8) is 0 Å². The number of aliphatic carboxylic acids is 2. The van der Waals surface area contributed by atoms with Gasteiger partial charge < -0.3 is 20.8 Å². The molecule has 0 unspecified atom stereocenters. The van der Waals surface area contributed by atoms with Gasteiger partial charge in [0.25, 0.3) is 0 Å². The zero-order valence-electron chi connectivity index (χ0n) is 10.6. The van der Waals surface area contributed by atoms with Gasteiger partial charge in [-0.15, -0.1) is 0 Å². The molecule has 0 aliphatic heterocycles. The van der Waals surface area contributed by atoms with Gasteiger partial charge >= 0.3 is 18.0 Å². The molecule has 0 bridgehead atoms. The number of carbonyl (C=O) groups excluding carboxylic acids is 1. The molecule has 9 heteroatoms. The summed E-state index contributed by atoms with van der Waals surface area (Å²) in [4.78, 5) is 32.7. The number of hydrogen-bond donors (Lipinski definition) is 4. The molecule has 2 amide bonds. The third-order valence-corrected chi connectivity index (χ3v) is 2.43. The number of hydrogen-bond acceptors (Lipinski definition) is 3. The fourth-order valence-corrected chi connectivity index (χ4v) is 1.44. The maximum Gasteiger partial charge on any atom is 0.326 e. The van der Waals surface area contributed by atoms with Crippen LogP contribution >= 0.6 is 0 Å². The molecule has 0 heterocycles. The van der Waals surface area contributed by atoms with Crippen LogP contribution in [0.3, 0.4) is 0 Å². The van der Waals surface area contributed by atoms with Crippen LogP contribution in [-0.4, -0.2) is 34.2 Å². The number of carboxylic acid groups (broad SMARTS) is 2. The minimum atomic E-state index is -1.46. The lowest BCUT2D eigenvalue weighted by atomic mass is 10.1. The fraction of sp³-hybridized carbons (Fsp3) is 0.250. The third-order valence-electron chi connectivity index (χ3n) is 2.43. The Kier molecular flexibility index (Phi) is 5.58. The Morgan fingerprint density at radius 2 is 1.86 bits per heavy atom.